The lowest BCUT2D eigenvalue weighted by molar-refractivity contribution is -0.121. The van der Waals surface area contributed by atoms with Crippen LogP contribution in [0.5, 0.6) is 0 Å². The molecule has 1 amide bonds. The van der Waals surface area contributed by atoms with Gasteiger partial charge in [0, 0.05) is 18.3 Å². The molecule has 1 saturated heterocycles. The van der Waals surface area contributed by atoms with E-state index in [9.17, 15) is 9.90 Å². The number of benzene rings is 1. The number of hydrogen-bond acceptors (Lipinski definition) is 4. The van der Waals surface area contributed by atoms with E-state index < -0.39 is 6.10 Å². The monoisotopic (exact) mass is 315 g/mol. The molecular formula is C18H25N3O2. The zero-order valence-corrected chi connectivity index (χ0v) is 13.7. The van der Waals surface area contributed by atoms with Crippen molar-refractivity contribution in [3.05, 3.63) is 30.3 Å². The molecule has 0 aromatic heterocycles. The van der Waals surface area contributed by atoms with Gasteiger partial charge in [-0.3, -0.25) is 9.69 Å². The first-order valence-electron chi connectivity index (χ1n) is 8.28. The van der Waals surface area contributed by atoms with Crippen LogP contribution in [-0.4, -0.2) is 47.7 Å². The van der Waals surface area contributed by atoms with Crippen LogP contribution in [0, 0.1) is 11.3 Å². The molecule has 0 radical (unpaired) electrons. The molecule has 0 saturated carbocycles. The highest BCUT2D eigenvalue weighted by Gasteiger charge is 2.29. The van der Waals surface area contributed by atoms with Gasteiger partial charge in [-0.1, -0.05) is 24.6 Å². The summed E-state index contributed by atoms with van der Waals surface area (Å²) in [5.74, 6) is -0.0148. The Balaban J connectivity index is 2.09. The van der Waals surface area contributed by atoms with Crippen LogP contribution in [0.15, 0.2) is 30.3 Å². The number of likely N-dealkylation sites (tertiary alicyclic amines) is 1. The molecule has 2 atom stereocenters. The third kappa shape index (κ3) is 4.78. The highest BCUT2D eigenvalue weighted by molar-refractivity contribution is 5.94. The topological polar surface area (TPSA) is 67.6 Å². The largest absolute Gasteiger partial charge is 0.392 e. The van der Waals surface area contributed by atoms with E-state index in [1.165, 1.54) is 0 Å². The second-order valence-corrected chi connectivity index (χ2v) is 6.06. The average molecular weight is 315 g/mol. The molecule has 1 N–H and O–H groups in total. The van der Waals surface area contributed by atoms with Gasteiger partial charge in [0.1, 0.15) is 0 Å². The first-order valence-corrected chi connectivity index (χ1v) is 8.28. The standard InChI is InChI=1S/C18H25N3O2/c1-15(22)17-10-5-6-12-20(17)14-18(23)21(13-7-11-19)16-8-3-2-4-9-16/h2-4,8-9,15,17,22H,5-7,10,12-14H2,1H3. The van der Waals surface area contributed by atoms with Crippen molar-refractivity contribution >= 4 is 11.6 Å². The zero-order valence-electron chi connectivity index (χ0n) is 13.7. The quantitative estimate of drug-likeness (QED) is 0.873. The molecule has 5 heteroatoms. The number of piperidine rings is 1. The fraction of sp³-hybridized carbons (Fsp3) is 0.556. The van der Waals surface area contributed by atoms with Crippen LogP contribution >= 0.6 is 0 Å². The molecule has 0 aliphatic carbocycles. The molecule has 1 aliphatic heterocycles. The number of para-hydroxylation sites is 1. The smallest absolute Gasteiger partial charge is 0.241 e. The Labute approximate surface area is 138 Å². The fourth-order valence-electron chi connectivity index (χ4n) is 3.19. The first-order chi connectivity index (χ1) is 11.1. The predicted molar refractivity (Wildman–Crippen MR) is 89.9 cm³/mol. The van der Waals surface area contributed by atoms with E-state index in [0.717, 1.165) is 31.5 Å². The summed E-state index contributed by atoms with van der Waals surface area (Å²) in [6.07, 6.45) is 2.94. The van der Waals surface area contributed by atoms with Crippen molar-refractivity contribution in [3.8, 4) is 6.07 Å². The molecule has 1 fully saturated rings. The minimum atomic E-state index is -0.438. The number of amides is 1. The molecule has 124 valence electrons. The lowest BCUT2D eigenvalue weighted by atomic mass is 9.98. The molecule has 1 aliphatic rings. The maximum absolute atomic E-state index is 12.8. The van der Waals surface area contributed by atoms with Gasteiger partial charge in [0.25, 0.3) is 0 Å². The van der Waals surface area contributed by atoms with Gasteiger partial charge in [-0.15, -0.1) is 0 Å². The first kappa shape index (κ1) is 17.5. The Morgan fingerprint density at radius 3 is 2.83 bits per heavy atom. The Morgan fingerprint density at radius 1 is 1.43 bits per heavy atom. The van der Waals surface area contributed by atoms with Crippen LogP contribution in [0.2, 0.25) is 0 Å². The Morgan fingerprint density at radius 2 is 2.17 bits per heavy atom. The predicted octanol–water partition coefficient (Wildman–Crippen LogP) is 2.17. The maximum Gasteiger partial charge on any atom is 0.241 e. The molecule has 0 spiro atoms. The van der Waals surface area contributed by atoms with Crippen molar-refractivity contribution in [2.75, 3.05) is 24.5 Å². The highest BCUT2D eigenvalue weighted by Crippen LogP contribution is 2.21. The SMILES string of the molecule is CC(O)C1CCCCN1CC(=O)N(CCC#N)c1ccccc1. The summed E-state index contributed by atoms with van der Waals surface area (Å²) in [6, 6.07) is 11.6. The minimum Gasteiger partial charge on any atom is -0.392 e. The van der Waals surface area contributed by atoms with Gasteiger partial charge in [-0.05, 0) is 38.4 Å². The lowest BCUT2D eigenvalue weighted by Gasteiger charge is -2.38. The van der Waals surface area contributed by atoms with E-state index in [4.69, 9.17) is 5.26 Å². The molecule has 1 aromatic carbocycles. The minimum absolute atomic E-state index is 0.0148. The number of hydrogen-bond donors (Lipinski definition) is 1. The van der Waals surface area contributed by atoms with E-state index >= 15 is 0 Å². The Bertz CT molecular complexity index is 539. The average Bonchev–Trinajstić information content (AvgIpc) is 2.56. The Hall–Kier alpha value is -1.90. The highest BCUT2D eigenvalue weighted by atomic mass is 16.3. The fourth-order valence-corrected chi connectivity index (χ4v) is 3.19. The zero-order chi connectivity index (χ0) is 16.7. The molecule has 1 heterocycles. The van der Waals surface area contributed by atoms with Crippen molar-refractivity contribution in [3.63, 3.8) is 0 Å². The molecule has 23 heavy (non-hydrogen) atoms. The molecule has 5 nitrogen and oxygen atoms in total. The summed E-state index contributed by atoms with van der Waals surface area (Å²) < 4.78 is 0. The summed E-state index contributed by atoms with van der Waals surface area (Å²) in [5.41, 5.74) is 0.818. The van der Waals surface area contributed by atoms with Crippen molar-refractivity contribution < 1.29 is 9.90 Å². The summed E-state index contributed by atoms with van der Waals surface area (Å²) in [5, 5.41) is 18.8. The van der Waals surface area contributed by atoms with Crippen LogP contribution in [0.3, 0.4) is 0 Å². The number of aliphatic hydroxyl groups excluding tert-OH is 1. The van der Waals surface area contributed by atoms with Crippen LogP contribution in [0.4, 0.5) is 5.69 Å². The second-order valence-electron chi connectivity index (χ2n) is 6.06. The normalized spacial score (nSPS) is 19.8. The lowest BCUT2D eigenvalue weighted by Crippen LogP contribution is -2.50. The number of nitriles is 1. The second kappa shape index (κ2) is 8.66. The van der Waals surface area contributed by atoms with Gasteiger partial charge >= 0.3 is 0 Å². The molecule has 2 unspecified atom stereocenters. The van der Waals surface area contributed by atoms with E-state index in [2.05, 4.69) is 11.0 Å². The van der Waals surface area contributed by atoms with Crippen molar-refractivity contribution in [1.82, 2.24) is 4.90 Å². The number of carbonyl (C=O) groups is 1. The van der Waals surface area contributed by atoms with Gasteiger partial charge in [-0.2, -0.15) is 5.26 Å². The third-order valence-corrected chi connectivity index (χ3v) is 4.38. The van der Waals surface area contributed by atoms with E-state index in [1.54, 1.807) is 11.8 Å². The molecule has 1 aromatic rings. The summed E-state index contributed by atoms with van der Waals surface area (Å²) >= 11 is 0. The number of carbonyl (C=O) groups excluding carboxylic acids is 1. The van der Waals surface area contributed by atoms with Crippen LogP contribution in [-0.2, 0) is 4.79 Å². The van der Waals surface area contributed by atoms with Gasteiger partial charge in [0.15, 0.2) is 0 Å². The van der Waals surface area contributed by atoms with E-state index in [0.29, 0.717) is 13.0 Å². The number of anilines is 1. The Kier molecular flexibility index (Phi) is 6.57. The van der Waals surface area contributed by atoms with Crippen LogP contribution in [0.25, 0.3) is 0 Å². The van der Waals surface area contributed by atoms with Gasteiger partial charge < -0.3 is 10.0 Å². The summed E-state index contributed by atoms with van der Waals surface area (Å²) in [6.45, 7) is 3.31. The van der Waals surface area contributed by atoms with Crippen LogP contribution in [0.1, 0.15) is 32.6 Å². The van der Waals surface area contributed by atoms with Crippen molar-refractivity contribution in [2.45, 2.75) is 44.8 Å². The summed E-state index contributed by atoms with van der Waals surface area (Å²) in [4.78, 5) is 16.5. The van der Waals surface area contributed by atoms with Gasteiger partial charge in [0.05, 0.1) is 25.1 Å². The molecular weight excluding hydrogens is 290 g/mol. The maximum atomic E-state index is 12.8. The van der Waals surface area contributed by atoms with Gasteiger partial charge in [0.2, 0.25) is 5.91 Å². The van der Waals surface area contributed by atoms with Gasteiger partial charge in [-0.25, -0.2) is 0 Å². The van der Waals surface area contributed by atoms with E-state index in [-0.39, 0.29) is 18.5 Å². The third-order valence-electron chi connectivity index (χ3n) is 4.38. The van der Waals surface area contributed by atoms with Crippen LogP contribution < -0.4 is 4.90 Å². The number of aliphatic hydroxyl groups is 1. The van der Waals surface area contributed by atoms with Crippen molar-refractivity contribution in [2.24, 2.45) is 0 Å². The molecule has 2 rings (SSSR count). The number of rotatable bonds is 6. The molecule has 0 bridgehead atoms. The van der Waals surface area contributed by atoms with Crippen molar-refractivity contribution in [1.29, 1.82) is 5.26 Å². The number of nitrogens with zero attached hydrogens (tertiary/aromatic N) is 3. The summed E-state index contributed by atoms with van der Waals surface area (Å²) in [7, 11) is 0. The van der Waals surface area contributed by atoms with E-state index in [1.807, 2.05) is 30.3 Å².